The number of amides is 1. The molecule has 3 aromatic carbocycles. The first kappa shape index (κ1) is 17.1. The molecule has 1 heterocycles. The molecule has 0 radical (unpaired) electrons. The third kappa shape index (κ3) is 3.91. The summed E-state index contributed by atoms with van der Waals surface area (Å²) in [4.78, 5) is 16.9. The fourth-order valence-corrected chi connectivity index (χ4v) is 3.47. The summed E-state index contributed by atoms with van der Waals surface area (Å²) in [6.45, 7) is 0. The summed E-state index contributed by atoms with van der Waals surface area (Å²) in [6, 6.07) is 22.2. The molecule has 134 valence electrons. The number of aromatic nitrogens is 1. The summed E-state index contributed by atoms with van der Waals surface area (Å²) in [6.07, 6.45) is 0. The molecule has 1 amide bonds. The van der Waals surface area contributed by atoms with Crippen molar-refractivity contribution in [2.24, 2.45) is 0 Å². The molecule has 4 rings (SSSR count). The molecule has 0 saturated carbocycles. The first-order chi connectivity index (χ1) is 13.2. The van der Waals surface area contributed by atoms with Crippen molar-refractivity contribution in [1.29, 1.82) is 0 Å². The van der Waals surface area contributed by atoms with E-state index in [1.54, 1.807) is 31.4 Å². The van der Waals surface area contributed by atoms with Gasteiger partial charge in [-0.15, -0.1) is 0 Å². The van der Waals surface area contributed by atoms with Crippen LogP contribution in [0.25, 0.3) is 10.2 Å². The Labute approximate surface area is 160 Å². The van der Waals surface area contributed by atoms with Crippen LogP contribution in [0.2, 0.25) is 0 Å². The fourth-order valence-electron chi connectivity index (χ4n) is 2.58. The van der Waals surface area contributed by atoms with Crippen molar-refractivity contribution in [2.45, 2.75) is 0 Å². The van der Waals surface area contributed by atoms with E-state index in [-0.39, 0.29) is 5.91 Å². The highest BCUT2D eigenvalue weighted by Crippen LogP contribution is 2.31. The smallest absolute Gasteiger partial charge is 0.257 e. The van der Waals surface area contributed by atoms with Crippen LogP contribution in [0.3, 0.4) is 0 Å². The fraction of sp³-hybridized carbons (Fsp3) is 0.0476. The van der Waals surface area contributed by atoms with Gasteiger partial charge < -0.3 is 9.47 Å². The van der Waals surface area contributed by atoms with Crippen LogP contribution in [0, 0.1) is 0 Å². The van der Waals surface area contributed by atoms with Gasteiger partial charge in [-0.2, -0.15) is 0 Å². The molecule has 27 heavy (non-hydrogen) atoms. The quantitative estimate of drug-likeness (QED) is 0.510. The Balaban J connectivity index is 1.53. The molecule has 1 N–H and O–H groups in total. The van der Waals surface area contributed by atoms with E-state index in [1.165, 1.54) is 11.3 Å². The average molecular weight is 376 g/mol. The second-order valence-electron chi connectivity index (χ2n) is 5.75. The van der Waals surface area contributed by atoms with Gasteiger partial charge in [-0.3, -0.25) is 10.1 Å². The molecule has 1 aromatic heterocycles. The van der Waals surface area contributed by atoms with Gasteiger partial charge in [0.25, 0.3) is 5.91 Å². The number of nitrogens with zero attached hydrogens (tertiary/aromatic N) is 1. The minimum absolute atomic E-state index is 0.228. The Morgan fingerprint density at radius 1 is 0.926 bits per heavy atom. The Bertz CT molecular complexity index is 1090. The number of methoxy groups -OCH3 is 1. The molecule has 0 aliphatic heterocycles. The molecule has 0 aliphatic carbocycles. The van der Waals surface area contributed by atoms with E-state index in [0.29, 0.717) is 16.4 Å². The van der Waals surface area contributed by atoms with Crippen LogP contribution in [0.1, 0.15) is 10.4 Å². The number of benzene rings is 3. The minimum Gasteiger partial charge on any atom is -0.497 e. The number of rotatable bonds is 5. The normalized spacial score (nSPS) is 10.6. The molecule has 0 unspecified atom stereocenters. The topological polar surface area (TPSA) is 60.5 Å². The first-order valence-corrected chi connectivity index (χ1v) is 9.12. The molecule has 5 nitrogen and oxygen atoms in total. The number of hydrogen-bond donors (Lipinski definition) is 1. The summed E-state index contributed by atoms with van der Waals surface area (Å²) >= 11 is 1.40. The van der Waals surface area contributed by atoms with Gasteiger partial charge in [-0.1, -0.05) is 35.6 Å². The lowest BCUT2D eigenvalue weighted by Crippen LogP contribution is -2.11. The zero-order chi connectivity index (χ0) is 18.6. The predicted molar refractivity (Wildman–Crippen MR) is 107 cm³/mol. The van der Waals surface area contributed by atoms with Crippen LogP contribution in [0.5, 0.6) is 17.2 Å². The maximum absolute atomic E-state index is 12.4. The molecule has 0 saturated heterocycles. The van der Waals surface area contributed by atoms with Crippen molar-refractivity contribution in [3.05, 3.63) is 78.4 Å². The zero-order valence-corrected chi connectivity index (χ0v) is 15.3. The summed E-state index contributed by atoms with van der Waals surface area (Å²) in [5, 5.41) is 3.38. The number of nitrogens with one attached hydrogen (secondary N) is 1. The molecular weight excluding hydrogens is 360 g/mol. The van der Waals surface area contributed by atoms with E-state index >= 15 is 0 Å². The van der Waals surface area contributed by atoms with E-state index in [0.717, 1.165) is 21.7 Å². The lowest BCUT2D eigenvalue weighted by Gasteiger charge is -2.04. The van der Waals surface area contributed by atoms with E-state index in [2.05, 4.69) is 10.3 Å². The number of ether oxygens (including phenoxy) is 2. The van der Waals surface area contributed by atoms with Crippen LogP contribution >= 0.6 is 11.3 Å². The minimum atomic E-state index is -0.228. The van der Waals surface area contributed by atoms with Crippen molar-refractivity contribution in [2.75, 3.05) is 12.4 Å². The molecule has 0 atom stereocenters. The molecule has 0 fully saturated rings. The van der Waals surface area contributed by atoms with Gasteiger partial charge in [0.05, 0.1) is 17.3 Å². The Morgan fingerprint density at radius 3 is 2.56 bits per heavy atom. The van der Waals surface area contributed by atoms with Crippen molar-refractivity contribution >= 4 is 32.6 Å². The molecule has 0 bridgehead atoms. The van der Waals surface area contributed by atoms with Crippen LogP contribution in [0.4, 0.5) is 5.13 Å². The number of para-hydroxylation sites is 1. The second kappa shape index (κ2) is 7.47. The molecule has 0 spiro atoms. The van der Waals surface area contributed by atoms with Gasteiger partial charge >= 0.3 is 0 Å². The van der Waals surface area contributed by atoms with Gasteiger partial charge in [0, 0.05) is 11.6 Å². The maximum atomic E-state index is 12.4. The maximum Gasteiger partial charge on any atom is 0.257 e. The number of fused-ring (bicyclic) bond motifs is 1. The van der Waals surface area contributed by atoms with E-state index in [1.807, 2.05) is 48.5 Å². The number of thiazole rings is 1. The summed E-state index contributed by atoms with van der Waals surface area (Å²) in [5.74, 6) is 1.90. The van der Waals surface area contributed by atoms with E-state index < -0.39 is 0 Å². The summed E-state index contributed by atoms with van der Waals surface area (Å²) < 4.78 is 11.9. The highest BCUT2D eigenvalue weighted by molar-refractivity contribution is 7.22. The number of hydrogen-bond acceptors (Lipinski definition) is 5. The van der Waals surface area contributed by atoms with Gasteiger partial charge in [0.2, 0.25) is 0 Å². The van der Waals surface area contributed by atoms with Gasteiger partial charge in [-0.25, -0.2) is 4.98 Å². The van der Waals surface area contributed by atoms with Crippen molar-refractivity contribution in [3.8, 4) is 17.2 Å². The van der Waals surface area contributed by atoms with E-state index in [4.69, 9.17) is 9.47 Å². The lowest BCUT2D eigenvalue weighted by atomic mass is 10.2. The van der Waals surface area contributed by atoms with Crippen molar-refractivity contribution in [1.82, 2.24) is 4.98 Å². The number of carbonyl (C=O) groups is 1. The highest BCUT2D eigenvalue weighted by atomic mass is 32.1. The average Bonchev–Trinajstić information content (AvgIpc) is 3.10. The summed E-state index contributed by atoms with van der Waals surface area (Å²) in [5.41, 5.74) is 1.32. The number of anilines is 1. The standard InChI is InChI=1S/C21H16N2O3S/c1-25-16-9-5-6-14(12-16)20(24)23-21-22-18-11-10-17(13-19(18)27-21)26-15-7-3-2-4-8-15/h2-13H,1H3,(H,22,23,24). The number of carbonyl (C=O) groups excluding carboxylic acids is 1. The van der Waals surface area contributed by atoms with Crippen LogP contribution in [-0.2, 0) is 0 Å². The monoisotopic (exact) mass is 376 g/mol. The largest absolute Gasteiger partial charge is 0.497 e. The first-order valence-electron chi connectivity index (χ1n) is 8.30. The third-order valence-corrected chi connectivity index (χ3v) is 4.82. The van der Waals surface area contributed by atoms with Gasteiger partial charge in [-0.05, 0) is 42.5 Å². The highest BCUT2D eigenvalue weighted by Gasteiger charge is 2.11. The Hall–Kier alpha value is -3.38. The zero-order valence-electron chi connectivity index (χ0n) is 14.5. The Morgan fingerprint density at radius 2 is 1.74 bits per heavy atom. The lowest BCUT2D eigenvalue weighted by molar-refractivity contribution is 0.102. The summed E-state index contributed by atoms with van der Waals surface area (Å²) in [7, 11) is 1.57. The van der Waals surface area contributed by atoms with Gasteiger partial charge in [0.1, 0.15) is 17.2 Å². The van der Waals surface area contributed by atoms with E-state index in [9.17, 15) is 4.79 Å². The van der Waals surface area contributed by atoms with Crippen LogP contribution in [-0.4, -0.2) is 18.0 Å². The van der Waals surface area contributed by atoms with Crippen LogP contribution in [0.15, 0.2) is 72.8 Å². The molecule has 0 aliphatic rings. The van der Waals surface area contributed by atoms with Crippen LogP contribution < -0.4 is 14.8 Å². The van der Waals surface area contributed by atoms with Crippen molar-refractivity contribution in [3.63, 3.8) is 0 Å². The Kier molecular flexibility index (Phi) is 4.72. The molecular formula is C21H16N2O3S. The molecule has 4 aromatic rings. The molecule has 6 heteroatoms. The van der Waals surface area contributed by atoms with Crippen molar-refractivity contribution < 1.29 is 14.3 Å². The second-order valence-corrected chi connectivity index (χ2v) is 6.78. The van der Waals surface area contributed by atoms with Gasteiger partial charge in [0.15, 0.2) is 5.13 Å². The predicted octanol–water partition coefficient (Wildman–Crippen LogP) is 5.35. The SMILES string of the molecule is COc1cccc(C(=O)Nc2nc3ccc(Oc4ccccc4)cc3s2)c1. The third-order valence-electron chi connectivity index (χ3n) is 3.89.